The van der Waals surface area contributed by atoms with Crippen molar-refractivity contribution in [3.63, 3.8) is 0 Å². The highest BCUT2D eigenvalue weighted by Gasteiger charge is 1.99. The van der Waals surface area contributed by atoms with Gasteiger partial charge in [-0.25, -0.2) is 0 Å². The van der Waals surface area contributed by atoms with Crippen LogP contribution in [0.1, 0.15) is 20.9 Å². The summed E-state index contributed by atoms with van der Waals surface area (Å²) in [5.74, 6) is 0. The molecule has 134 valence electrons. The Hall–Kier alpha value is -2.94. The van der Waals surface area contributed by atoms with Crippen molar-refractivity contribution >= 4 is 67.1 Å². The van der Waals surface area contributed by atoms with Gasteiger partial charge in [-0.05, 0) is 58.3 Å². The van der Waals surface area contributed by atoms with E-state index in [9.17, 15) is 0 Å². The largest absolute Gasteiger partial charge is 0.136 e. The van der Waals surface area contributed by atoms with Crippen LogP contribution in [-0.2, 0) is 0 Å². The smallest absolute Gasteiger partial charge is 0.0349 e. The van der Waals surface area contributed by atoms with E-state index in [1.807, 2.05) is 22.7 Å². The fourth-order valence-electron chi connectivity index (χ4n) is 3.24. The normalized spacial score (nSPS) is 12.0. The molecule has 0 spiro atoms. The molecule has 28 heavy (non-hydrogen) atoms. The predicted octanol–water partition coefficient (Wildman–Crippen LogP) is 8.46. The van der Waals surface area contributed by atoms with Crippen LogP contribution in [0.2, 0.25) is 0 Å². The summed E-state index contributed by atoms with van der Waals surface area (Å²) in [6.07, 6.45) is 8.77. The second-order valence-corrected chi connectivity index (χ2v) is 8.94. The van der Waals surface area contributed by atoms with Gasteiger partial charge in [0.05, 0.1) is 0 Å². The fraction of sp³-hybridized carbons (Fsp3) is 0. The maximum atomic E-state index is 2.25. The van der Waals surface area contributed by atoms with Gasteiger partial charge in [-0.15, -0.1) is 22.7 Å². The van der Waals surface area contributed by atoms with Crippen molar-refractivity contribution in [2.45, 2.75) is 0 Å². The van der Waals surface area contributed by atoms with E-state index in [1.165, 1.54) is 41.1 Å². The van der Waals surface area contributed by atoms with Crippen molar-refractivity contribution in [3.05, 3.63) is 106 Å². The van der Waals surface area contributed by atoms with E-state index in [1.54, 1.807) is 0 Å². The van der Waals surface area contributed by atoms with E-state index in [0.29, 0.717) is 0 Å². The third-order valence-corrected chi connectivity index (χ3v) is 6.87. The Labute approximate surface area is 172 Å². The lowest BCUT2D eigenvalue weighted by Crippen LogP contribution is -1.74. The lowest BCUT2D eigenvalue weighted by molar-refractivity contribution is 1.63. The molecule has 2 heterocycles. The van der Waals surface area contributed by atoms with Gasteiger partial charge in [0, 0.05) is 19.2 Å². The van der Waals surface area contributed by atoms with Crippen molar-refractivity contribution in [3.8, 4) is 0 Å². The minimum atomic E-state index is 1.22. The molecule has 2 aromatic heterocycles. The molecule has 0 atom stereocenters. The molecule has 0 unspecified atom stereocenters. The SMILES string of the molecule is C(=Cc1cc2ccccc2s1)c1ccc(/C=C/c2cc3ccccc3s2)cc1. The molecule has 0 N–H and O–H groups in total. The molecule has 5 aromatic rings. The monoisotopic (exact) mass is 394 g/mol. The van der Waals surface area contributed by atoms with E-state index >= 15 is 0 Å². The number of thiophene rings is 2. The summed E-state index contributed by atoms with van der Waals surface area (Å²) in [5, 5.41) is 2.63. The summed E-state index contributed by atoms with van der Waals surface area (Å²) in [6, 6.07) is 30.3. The highest BCUT2D eigenvalue weighted by Crippen LogP contribution is 2.28. The van der Waals surface area contributed by atoms with Gasteiger partial charge >= 0.3 is 0 Å². The van der Waals surface area contributed by atoms with Gasteiger partial charge < -0.3 is 0 Å². The van der Waals surface area contributed by atoms with E-state index in [0.717, 1.165) is 0 Å². The molecule has 0 aliphatic carbocycles. The number of rotatable bonds is 4. The molecule has 0 saturated carbocycles. The van der Waals surface area contributed by atoms with Crippen LogP contribution >= 0.6 is 22.7 Å². The number of hydrogen-bond acceptors (Lipinski definition) is 2. The van der Waals surface area contributed by atoms with Crippen LogP contribution in [0.4, 0.5) is 0 Å². The molecule has 2 heteroatoms. The lowest BCUT2D eigenvalue weighted by atomic mass is 10.1. The summed E-state index contributed by atoms with van der Waals surface area (Å²) in [7, 11) is 0. The average molecular weight is 395 g/mol. The molecule has 0 radical (unpaired) electrons. The summed E-state index contributed by atoms with van der Waals surface area (Å²) in [5.41, 5.74) is 2.44. The molecule has 0 aliphatic heterocycles. The predicted molar refractivity (Wildman–Crippen MR) is 128 cm³/mol. The molecule has 0 nitrogen and oxygen atoms in total. The molecule has 3 aromatic carbocycles. The van der Waals surface area contributed by atoms with Crippen LogP contribution in [0.3, 0.4) is 0 Å². The summed E-state index contributed by atoms with van der Waals surface area (Å²) < 4.78 is 2.67. The first-order chi connectivity index (χ1) is 13.8. The van der Waals surface area contributed by atoms with Crippen molar-refractivity contribution in [1.29, 1.82) is 0 Å². The Morgan fingerprint density at radius 2 is 0.893 bits per heavy atom. The Morgan fingerprint density at radius 3 is 1.32 bits per heavy atom. The van der Waals surface area contributed by atoms with E-state index in [-0.39, 0.29) is 0 Å². The van der Waals surface area contributed by atoms with E-state index in [2.05, 4.69) is 109 Å². The molecule has 0 bridgehead atoms. The average Bonchev–Trinajstić information content (AvgIpc) is 3.34. The zero-order valence-corrected chi connectivity index (χ0v) is 16.8. The van der Waals surface area contributed by atoms with Crippen molar-refractivity contribution in [1.82, 2.24) is 0 Å². The second-order valence-electron chi connectivity index (χ2n) is 6.71. The summed E-state index contributed by atoms with van der Waals surface area (Å²) in [6.45, 7) is 0. The molecule has 0 amide bonds. The molecule has 0 fully saturated rings. The van der Waals surface area contributed by atoms with Crippen molar-refractivity contribution < 1.29 is 0 Å². The topological polar surface area (TPSA) is 0 Å². The molecular weight excluding hydrogens is 376 g/mol. The summed E-state index contributed by atoms with van der Waals surface area (Å²) >= 11 is 3.66. The zero-order chi connectivity index (χ0) is 18.8. The lowest BCUT2D eigenvalue weighted by Gasteiger charge is -1.96. The minimum absolute atomic E-state index is 1.22. The van der Waals surface area contributed by atoms with Crippen LogP contribution in [-0.4, -0.2) is 0 Å². The highest BCUT2D eigenvalue weighted by molar-refractivity contribution is 7.20. The number of benzene rings is 3. The third-order valence-electron chi connectivity index (χ3n) is 4.71. The van der Waals surface area contributed by atoms with Gasteiger partial charge in [0.2, 0.25) is 0 Å². The summed E-state index contributed by atoms with van der Waals surface area (Å²) in [4.78, 5) is 2.57. The maximum absolute atomic E-state index is 2.25. The first-order valence-electron chi connectivity index (χ1n) is 9.27. The van der Waals surface area contributed by atoms with Gasteiger partial charge in [0.1, 0.15) is 0 Å². The first kappa shape index (κ1) is 17.2. The van der Waals surface area contributed by atoms with Crippen molar-refractivity contribution in [2.75, 3.05) is 0 Å². The van der Waals surface area contributed by atoms with Crippen LogP contribution in [0.25, 0.3) is 44.5 Å². The number of fused-ring (bicyclic) bond motifs is 2. The number of hydrogen-bond donors (Lipinski definition) is 0. The van der Waals surface area contributed by atoms with Crippen LogP contribution in [0.15, 0.2) is 84.9 Å². The molecule has 5 rings (SSSR count). The van der Waals surface area contributed by atoms with Gasteiger partial charge in [-0.1, -0.05) is 72.8 Å². The Balaban J connectivity index is 1.30. The zero-order valence-electron chi connectivity index (χ0n) is 15.2. The molecule has 0 saturated heterocycles. The van der Waals surface area contributed by atoms with Crippen LogP contribution in [0.5, 0.6) is 0 Å². The Kier molecular flexibility index (Phi) is 4.66. The first-order valence-corrected chi connectivity index (χ1v) is 10.9. The third kappa shape index (κ3) is 3.70. The van der Waals surface area contributed by atoms with Gasteiger partial charge in [-0.2, -0.15) is 0 Å². The van der Waals surface area contributed by atoms with Crippen molar-refractivity contribution in [2.24, 2.45) is 0 Å². The second kappa shape index (κ2) is 7.59. The fourth-order valence-corrected chi connectivity index (χ4v) is 5.18. The van der Waals surface area contributed by atoms with Gasteiger partial charge in [0.25, 0.3) is 0 Å². The maximum Gasteiger partial charge on any atom is 0.0349 e. The highest BCUT2D eigenvalue weighted by atomic mass is 32.1. The van der Waals surface area contributed by atoms with E-state index in [4.69, 9.17) is 0 Å². The van der Waals surface area contributed by atoms with Gasteiger partial charge in [-0.3, -0.25) is 0 Å². The van der Waals surface area contributed by atoms with Gasteiger partial charge in [0.15, 0.2) is 0 Å². The quantitative estimate of drug-likeness (QED) is 0.287. The van der Waals surface area contributed by atoms with Crippen LogP contribution < -0.4 is 0 Å². The van der Waals surface area contributed by atoms with Crippen LogP contribution in [0, 0.1) is 0 Å². The Bertz CT molecular complexity index is 1130. The standard InChI is InChI=1S/C26H18S2/c1-3-7-25-21(5-1)17-23(27-25)15-13-19-9-11-20(12-10-19)14-16-24-18-22-6-2-4-8-26(22)28-24/h1-18H/b15-13+,16-14?. The molecule has 0 aliphatic rings. The molecular formula is C26H18S2. The Morgan fingerprint density at radius 1 is 0.464 bits per heavy atom. The minimum Gasteiger partial charge on any atom is -0.136 e. The van der Waals surface area contributed by atoms with E-state index < -0.39 is 0 Å².